The molecule has 0 amide bonds. The van der Waals surface area contributed by atoms with Gasteiger partial charge in [0.05, 0.1) is 43.0 Å². The Morgan fingerprint density at radius 1 is 0.689 bits per heavy atom. The molecule has 2 bridgehead atoms. The molecule has 4 aromatic rings. The van der Waals surface area contributed by atoms with E-state index in [2.05, 4.69) is 66.2 Å². The lowest BCUT2D eigenvalue weighted by Gasteiger charge is -2.48. The number of pyridine rings is 1. The average Bonchev–Trinajstić information content (AvgIpc) is 3.82. The predicted molar refractivity (Wildman–Crippen MR) is 181 cm³/mol. The van der Waals surface area contributed by atoms with E-state index >= 15 is 0 Å². The maximum atomic E-state index is 6.66. The van der Waals surface area contributed by atoms with Crippen LogP contribution in [0.4, 0.5) is 0 Å². The molecule has 1 aromatic carbocycles. The SMILES string of the molecule is CCCCCCCCCCCCCCCCCCOc1cccc2c1C1c3cccc[n+]3C2CC1(c1ccoc1)c1ccoc1. The monoisotopic (exact) mass is 608 g/mol. The van der Waals surface area contributed by atoms with E-state index in [0.29, 0.717) is 0 Å². The molecule has 3 aromatic heterocycles. The van der Waals surface area contributed by atoms with E-state index in [4.69, 9.17) is 13.6 Å². The summed E-state index contributed by atoms with van der Waals surface area (Å²) in [6, 6.07) is 17.8. The van der Waals surface area contributed by atoms with Crippen LogP contribution in [0.3, 0.4) is 0 Å². The number of ether oxygens (including phenoxy) is 1. The summed E-state index contributed by atoms with van der Waals surface area (Å²) in [5, 5.41) is 0. The van der Waals surface area contributed by atoms with Gasteiger partial charge in [0, 0.05) is 40.8 Å². The summed E-state index contributed by atoms with van der Waals surface area (Å²) in [5.74, 6) is 1.13. The van der Waals surface area contributed by atoms with Gasteiger partial charge in [-0.25, -0.2) is 0 Å². The highest BCUT2D eigenvalue weighted by atomic mass is 16.5. The first kappa shape index (κ1) is 31.7. The fraction of sp³-hybridized carbons (Fsp3) is 0.537. The van der Waals surface area contributed by atoms with E-state index in [1.807, 2.05) is 12.5 Å². The summed E-state index contributed by atoms with van der Waals surface area (Å²) in [7, 11) is 0. The summed E-state index contributed by atoms with van der Waals surface area (Å²) >= 11 is 0. The fourth-order valence-corrected chi connectivity index (χ4v) is 8.32. The van der Waals surface area contributed by atoms with Crippen molar-refractivity contribution in [2.45, 2.75) is 133 Å². The van der Waals surface area contributed by atoms with E-state index in [-0.39, 0.29) is 17.4 Å². The van der Waals surface area contributed by atoms with Crippen molar-refractivity contribution in [2.24, 2.45) is 0 Å². The maximum Gasteiger partial charge on any atom is 0.190 e. The summed E-state index contributed by atoms with van der Waals surface area (Å²) in [6.07, 6.45) is 32.7. The summed E-state index contributed by atoms with van der Waals surface area (Å²) in [6.45, 7) is 3.07. The van der Waals surface area contributed by atoms with Crippen molar-refractivity contribution in [3.63, 3.8) is 0 Å². The van der Waals surface area contributed by atoms with Crippen LogP contribution < -0.4 is 9.30 Å². The molecular formula is C41H54NO3+. The van der Waals surface area contributed by atoms with E-state index in [9.17, 15) is 0 Å². The normalized spacial score (nSPS) is 17.7. The molecule has 2 unspecified atom stereocenters. The van der Waals surface area contributed by atoms with Gasteiger partial charge in [-0.15, -0.1) is 0 Å². The third kappa shape index (κ3) is 6.95. The van der Waals surface area contributed by atoms with Crippen molar-refractivity contribution in [1.29, 1.82) is 0 Å². The van der Waals surface area contributed by atoms with Crippen molar-refractivity contribution in [3.05, 3.63) is 108 Å². The molecule has 0 N–H and O–H groups in total. The number of unbranched alkanes of at least 4 members (excludes halogenated alkanes) is 15. The molecule has 0 spiro atoms. The fourth-order valence-electron chi connectivity index (χ4n) is 8.32. The number of fused-ring (bicyclic) bond motifs is 1. The summed E-state index contributed by atoms with van der Waals surface area (Å²) in [5.41, 5.74) is 6.16. The van der Waals surface area contributed by atoms with Crippen LogP contribution in [0, 0.1) is 0 Å². The summed E-state index contributed by atoms with van der Waals surface area (Å²) in [4.78, 5) is 0. The quantitative estimate of drug-likeness (QED) is 0.0740. The number of hydrogen-bond acceptors (Lipinski definition) is 3. The minimum atomic E-state index is -0.285. The molecule has 3 aliphatic rings. The largest absolute Gasteiger partial charge is 0.493 e. The van der Waals surface area contributed by atoms with Gasteiger partial charge in [-0.3, -0.25) is 0 Å². The second-order valence-electron chi connectivity index (χ2n) is 13.6. The molecule has 7 rings (SSSR count). The number of furan rings is 2. The van der Waals surface area contributed by atoms with Gasteiger partial charge in [0.15, 0.2) is 17.9 Å². The van der Waals surface area contributed by atoms with Crippen molar-refractivity contribution in [2.75, 3.05) is 6.61 Å². The van der Waals surface area contributed by atoms with Crippen LogP contribution in [0.5, 0.6) is 5.75 Å². The van der Waals surface area contributed by atoms with E-state index in [1.54, 1.807) is 12.5 Å². The molecule has 45 heavy (non-hydrogen) atoms. The van der Waals surface area contributed by atoms with Crippen molar-refractivity contribution < 1.29 is 18.1 Å². The zero-order valence-corrected chi connectivity index (χ0v) is 27.6. The number of nitrogens with zero attached hydrogens (tertiary/aromatic N) is 1. The van der Waals surface area contributed by atoms with Crippen molar-refractivity contribution >= 4 is 0 Å². The molecule has 2 aliphatic heterocycles. The molecule has 2 atom stereocenters. The molecule has 4 heteroatoms. The van der Waals surface area contributed by atoms with Crippen LogP contribution in [-0.4, -0.2) is 6.61 Å². The molecule has 240 valence electrons. The predicted octanol–water partition coefficient (Wildman–Crippen LogP) is 11.2. The number of benzene rings is 1. The molecule has 0 radical (unpaired) electrons. The zero-order valence-electron chi connectivity index (χ0n) is 27.6. The Morgan fingerprint density at radius 3 is 1.87 bits per heavy atom. The van der Waals surface area contributed by atoms with Crippen LogP contribution in [0.25, 0.3) is 0 Å². The van der Waals surface area contributed by atoms with Crippen LogP contribution in [0.1, 0.15) is 156 Å². The third-order valence-electron chi connectivity index (χ3n) is 10.6. The highest BCUT2D eigenvalue weighted by molar-refractivity contribution is 5.58. The standard InChI is InChI=1S/C41H54NO3/c1-2-3-4-5-6-7-8-9-10-11-12-13-14-15-16-19-27-45-38-23-20-21-35-37-30-41(33-24-28-43-31-33,34-25-29-44-32-34)40(39(35)38)36-22-17-18-26-42(36)37/h17-18,20-26,28-29,31-32,37,40H,2-16,19,27,30H2,1H3/q+1. The van der Waals surface area contributed by atoms with Crippen LogP contribution in [-0.2, 0) is 5.41 Å². The topological polar surface area (TPSA) is 39.4 Å². The highest BCUT2D eigenvalue weighted by Gasteiger charge is 2.61. The Morgan fingerprint density at radius 2 is 1.29 bits per heavy atom. The first-order valence-corrected chi connectivity index (χ1v) is 18.2. The van der Waals surface area contributed by atoms with Crippen LogP contribution in [0.2, 0.25) is 0 Å². The van der Waals surface area contributed by atoms with Gasteiger partial charge in [-0.1, -0.05) is 121 Å². The number of hydrogen-bond donors (Lipinski definition) is 0. The molecule has 5 heterocycles. The lowest BCUT2D eigenvalue weighted by atomic mass is 9.54. The smallest absolute Gasteiger partial charge is 0.190 e. The minimum absolute atomic E-state index is 0.0934. The molecule has 0 saturated heterocycles. The first-order valence-electron chi connectivity index (χ1n) is 18.2. The Balaban J connectivity index is 1.01. The van der Waals surface area contributed by atoms with Gasteiger partial charge >= 0.3 is 0 Å². The zero-order chi connectivity index (χ0) is 30.7. The Kier molecular flexibility index (Phi) is 11.2. The Labute approximate surface area is 271 Å². The lowest BCUT2D eigenvalue weighted by molar-refractivity contribution is -0.732. The molecule has 0 fully saturated rings. The van der Waals surface area contributed by atoms with Crippen molar-refractivity contribution in [3.8, 4) is 5.75 Å². The second-order valence-corrected chi connectivity index (χ2v) is 13.6. The van der Waals surface area contributed by atoms with Crippen molar-refractivity contribution in [1.82, 2.24) is 0 Å². The average molecular weight is 609 g/mol. The summed E-state index contributed by atoms with van der Waals surface area (Å²) < 4.78 is 20.5. The second kappa shape index (κ2) is 15.8. The van der Waals surface area contributed by atoms with Gasteiger partial charge in [0.2, 0.25) is 0 Å². The van der Waals surface area contributed by atoms with Gasteiger partial charge in [-0.05, 0) is 24.6 Å². The Hall–Kier alpha value is -3.27. The van der Waals surface area contributed by atoms with Gasteiger partial charge in [0.1, 0.15) is 5.75 Å². The number of rotatable bonds is 20. The lowest BCUT2D eigenvalue weighted by Crippen LogP contribution is -2.60. The van der Waals surface area contributed by atoms with Gasteiger partial charge in [-0.2, -0.15) is 4.57 Å². The first-order chi connectivity index (χ1) is 22.3. The number of aromatic nitrogens is 1. The third-order valence-corrected chi connectivity index (χ3v) is 10.6. The molecule has 4 nitrogen and oxygen atoms in total. The van der Waals surface area contributed by atoms with Crippen LogP contribution >= 0.6 is 0 Å². The van der Waals surface area contributed by atoms with E-state index in [1.165, 1.54) is 124 Å². The molecule has 1 aliphatic carbocycles. The highest BCUT2D eigenvalue weighted by Crippen LogP contribution is 2.61. The van der Waals surface area contributed by atoms with E-state index < -0.39 is 0 Å². The Bertz CT molecular complexity index is 1390. The van der Waals surface area contributed by atoms with Gasteiger partial charge in [0.25, 0.3) is 0 Å². The van der Waals surface area contributed by atoms with Gasteiger partial charge < -0.3 is 13.6 Å². The molecular weight excluding hydrogens is 554 g/mol. The van der Waals surface area contributed by atoms with Crippen LogP contribution in [0.15, 0.2) is 88.6 Å². The van der Waals surface area contributed by atoms with E-state index in [0.717, 1.165) is 25.2 Å². The minimum Gasteiger partial charge on any atom is -0.493 e. The molecule has 0 saturated carbocycles. The maximum absolute atomic E-state index is 6.66.